The van der Waals surface area contributed by atoms with E-state index < -0.39 is 59.1 Å². The maximum Gasteiger partial charge on any atom is 0.408 e. The van der Waals surface area contributed by atoms with Crippen molar-refractivity contribution >= 4 is 34.8 Å². The molecule has 2 aliphatic carbocycles. The number of aromatic nitrogens is 1. The van der Waals surface area contributed by atoms with Crippen LogP contribution >= 0.6 is 0 Å². The van der Waals surface area contributed by atoms with E-state index in [4.69, 9.17) is 14.5 Å². The number of likely N-dealkylation sites (tertiary alicyclic amines) is 1. The molecule has 11 heteroatoms. The normalized spacial score (nSPS) is 24.2. The quantitative estimate of drug-likeness (QED) is 0.225. The summed E-state index contributed by atoms with van der Waals surface area (Å²) in [7, 11) is 0. The van der Waals surface area contributed by atoms with Gasteiger partial charge >= 0.3 is 12.1 Å². The van der Waals surface area contributed by atoms with Crippen molar-refractivity contribution in [2.75, 3.05) is 6.54 Å². The summed E-state index contributed by atoms with van der Waals surface area (Å²) in [6.45, 7) is 9.05. The van der Waals surface area contributed by atoms with E-state index >= 15 is 0 Å². The topological polar surface area (TPSA) is 147 Å². The summed E-state index contributed by atoms with van der Waals surface area (Å²) in [6.07, 6.45) is 4.90. The minimum atomic E-state index is -1.48. The molecule has 0 spiro atoms. The zero-order chi connectivity index (χ0) is 35.6. The van der Waals surface area contributed by atoms with Gasteiger partial charge in [0.15, 0.2) is 0 Å². The minimum absolute atomic E-state index is 0.0540. The number of pyridine rings is 1. The molecule has 3 fully saturated rings. The van der Waals surface area contributed by atoms with Crippen molar-refractivity contribution in [2.45, 2.75) is 95.0 Å². The highest BCUT2D eigenvalue weighted by atomic mass is 16.6. The molecule has 1 saturated heterocycles. The number of alkyl carbamates (subject to hydrolysis) is 1. The van der Waals surface area contributed by atoms with Crippen molar-refractivity contribution in [1.82, 2.24) is 20.5 Å². The fraction of sp³-hybridized carbons (Fsp3) is 0.462. The molecule has 0 bridgehead atoms. The number of carboxylic acids is 1. The lowest BCUT2D eigenvalue weighted by Crippen LogP contribution is -2.58. The molecule has 5 atom stereocenters. The molecule has 2 saturated carbocycles. The fourth-order valence-corrected chi connectivity index (χ4v) is 7.33. The Balaban J connectivity index is 1.33. The van der Waals surface area contributed by atoms with Crippen LogP contribution in [0.15, 0.2) is 73.3 Å². The van der Waals surface area contributed by atoms with Gasteiger partial charge in [-0.2, -0.15) is 0 Å². The first kappa shape index (κ1) is 34.9. The van der Waals surface area contributed by atoms with Crippen LogP contribution in [0.1, 0.15) is 65.7 Å². The van der Waals surface area contributed by atoms with E-state index in [1.807, 2.05) is 60.7 Å². The summed E-state index contributed by atoms with van der Waals surface area (Å²) in [6, 6.07) is 17.3. The Morgan fingerprint density at radius 3 is 2.40 bits per heavy atom. The van der Waals surface area contributed by atoms with E-state index in [1.165, 1.54) is 11.0 Å². The third kappa shape index (κ3) is 7.46. The highest BCUT2D eigenvalue weighted by Crippen LogP contribution is 2.45. The lowest BCUT2D eigenvalue weighted by atomic mass is 9.83. The molecule has 2 heterocycles. The van der Waals surface area contributed by atoms with Crippen LogP contribution in [-0.4, -0.2) is 74.7 Å². The number of aliphatic carboxylic acids is 1. The van der Waals surface area contributed by atoms with Crippen LogP contribution in [0.3, 0.4) is 0 Å². The van der Waals surface area contributed by atoms with Gasteiger partial charge < -0.3 is 30.1 Å². The number of nitrogens with one attached hydrogen (secondary N) is 2. The molecule has 264 valence electrons. The smallest absolute Gasteiger partial charge is 0.408 e. The van der Waals surface area contributed by atoms with Crippen molar-refractivity contribution in [2.24, 2.45) is 11.8 Å². The van der Waals surface area contributed by atoms with Crippen LogP contribution < -0.4 is 15.4 Å². The number of amides is 3. The SMILES string of the molecule is C=C[C@H]1CC1(NC(=O)[C@@H]1C[C@@H](Oc2cc(-c3ccccc3)nc3ccccc23)CN1C(=O)[C@@H](NC(=O)OC(C)(C)C)C1CCCCC1)C(=O)O. The predicted molar refractivity (Wildman–Crippen MR) is 188 cm³/mol. The Morgan fingerprint density at radius 2 is 1.74 bits per heavy atom. The van der Waals surface area contributed by atoms with Crippen molar-refractivity contribution in [3.8, 4) is 17.0 Å². The number of carboxylic acid groups (broad SMARTS) is 1. The predicted octanol–water partition coefficient (Wildman–Crippen LogP) is 5.87. The Morgan fingerprint density at radius 1 is 1.04 bits per heavy atom. The van der Waals surface area contributed by atoms with Crippen LogP contribution in [0.2, 0.25) is 0 Å². The monoisotopic (exact) mass is 682 g/mol. The highest BCUT2D eigenvalue weighted by molar-refractivity contribution is 5.96. The average Bonchev–Trinajstić information content (AvgIpc) is 3.66. The molecule has 50 heavy (non-hydrogen) atoms. The zero-order valence-corrected chi connectivity index (χ0v) is 28.9. The first-order chi connectivity index (χ1) is 23.9. The number of hydrogen-bond donors (Lipinski definition) is 3. The highest BCUT2D eigenvalue weighted by Gasteiger charge is 2.61. The van der Waals surface area contributed by atoms with Crippen LogP contribution in [-0.2, 0) is 19.1 Å². The second-order valence-corrected chi connectivity index (χ2v) is 14.7. The van der Waals surface area contributed by atoms with E-state index in [0.717, 1.165) is 48.6 Å². The molecule has 3 aliphatic rings. The summed E-state index contributed by atoms with van der Waals surface area (Å²) in [5.41, 5.74) is 0.104. The van der Waals surface area contributed by atoms with E-state index in [2.05, 4.69) is 17.2 Å². The number of ether oxygens (including phenoxy) is 2. The first-order valence-electron chi connectivity index (χ1n) is 17.5. The lowest BCUT2D eigenvalue weighted by molar-refractivity contribution is -0.146. The van der Waals surface area contributed by atoms with Crippen LogP contribution in [0.25, 0.3) is 22.2 Å². The van der Waals surface area contributed by atoms with E-state index in [9.17, 15) is 24.3 Å². The van der Waals surface area contributed by atoms with Gasteiger partial charge in [-0.15, -0.1) is 6.58 Å². The van der Waals surface area contributed by atoms with Crippen molar-refractivity contribution in [3.05, 3.63) is 73.3 Å². The van der Waals surface area contributed by atoms with Gasteiger partial charge in [-0.3, -0.25) is 9.59 Å². The number of carbonyl (C=O) groups is 4. The molecule has 3 aromatic rings. The number of carbonyl (C=O) groups excluding carboxylic acids is 3. The number of fused-ring (bicyclic) bond motifs is 1. The lowest BCUT2D eigenvalue weighted by Gasteiger charge is -2.35. The number of para-hydroxylation sites is 1. The van der Waals surface area contributed by atoms with Gasteiger partial charge in [-0.05, 0) is 58.1 Å². The number of hydrogen-bond acceptors (Lipinski definition) is 7. The maximum absolute atomic E-state index is 14.6. The first-order valence-corrected chi connectivity index (χ1v) is 17.5. The Labute approximate surface area is 292 Å². The number of nitrogens with zero attached hydrogens (tertiary/aromatic N) is 2. The third-order valence-corrected chi connectivity index (χ3v) is 9.98. The van der Waals surface area contributed by atoms with Crippen LogP contribution in [0.4, 0.5) is 4.79 Å². The van der Waals surface area contributed by atoms with Gasteiger partial charge in [-0.1, -0.05) is 67.8 Å². The molecule has 3 amide bonds. The van der Waals surface area contributed by atoms with E-state index in [-0.39, 0.29) is 25.3 Å². The maximum atomic E-state index is 14.6. The van der Waals surface area contributed by atoms with Crippen LogP contribution in [0, 0.1) is 11.8 Å². The standard InChI is InChI=1S/C39H46N4O7/c1-5-26-22-39(26,36(46)47)42-34(44)31-20-27(49-32-21-30(24-14-8-6-9-15-24)40-29-19-13-12-18-28(29)32)23-43(31)35(45)33(25-16-10-7-11-17-25)41-37(48)50-38(2,3)4/h5-6,8-9,12-15,18-19,21,25-27,31,33H,1,7,10-11,16-17,20,22-23H2,2-4H3,(H,41,48)(H,42,44)(H,46,47)/t26-,27+,31-,33-,39?/m0/s1. The van der Waals surface area contributed by atoms with E-state index in [0.29, 0.717) is 11.4 Å². The second-order valence-electron chi connectivity index (χ2n) is 14.7. The van der Waals surface area contributed by atoms with Gasteiger partial charge in [-0.25, -0.2) is 14.6 Å². The summed E-state index contributed by atoms with van der Waals surface area (Å²) in [5.74, 6) is -2.17. The fourth-order valence-electron chi connectivity index (χ4n) is 7.33. The largest absolute Gasteiger partial charge is 0.488 e. The third-order valence-electron chi connectivity index (χ3n) is 9.98. The summed E-state index contributed by atoms with van der Waals surface area (Å²) >= 11 is 0. The molecule has 11 nitrogen and oxygen atoms in total. The molecule has 0 radical (unpaired) electrons. The van der Waals surface area contributed by atoms with Crippen LogP contribution in [0.5, 0.6) is 5.75 Å². The molecule has 3 N–H and O–H groups in total. The van der Waals surface area contributed by atoms with Crippen molar-refractivity contribution in [3.63, 3.8) is 0 Å². The minimum Gasteiger partial charge on any atom is -0.488 e. The molecular formula is C39H46N4O7. The molecular weight excluding hydrogens is 636 g/mol. The Hall–Kier alpha value is -4.93. The second kappa shape index (κ2) is 14.1. The molecule has 2 aromatic carbocycles. The van der Waals surface area contributed by atoms with Gasteiger partial charge in [0.05, 0.1) is 17.8 Å². The van der Waals surface area contributed by atoms with Gasteiger partial charge in [0.25, 0.3) is 0 Å². The van der Waals surface area contributed by atoms with Crippen molar-refractivity contribution in [1.29, 1.82) is 0 Å². The zero-order valence-electron chi connectivity index (χ0n) is 28.9. The summed E-state index contributed by atoms with van der Waals surface area (Å²) < 4.78 is 12.2. The number of benzene rings is 2. The van der Waals surface area contributed by atoms with Gasteiger partial charge in [0.1, 0.15) is 35.1 Å². The molecule has 1 aliphatic heterocycles. The average molecular weight is 683 g/mol. The molecule has 1 unspecified atom stereocenters. The Bertz CT molecular complexity index is 1770. The molecule has 6 rings (SSSR count). The van der Waals surface area contributed by atoms with E-state index in [1.54, 1.807) is 20.8 Å². The van der Waals surface area contributed by atoms with Crippen molar-refractivity contribution < 1.29 is 33.8 Å². The van der Waals surface area contributed by atoms with Gasteiger partial charge in [0.2, 0.25) is 11.8 Å². The Kier molecular flexibility index (Phi) is 9.87. The summed E-state index contributed by atoms with van der Waals surface area (Å²) in [5, 5.41) is 16.4. The van der Waals surface area contributed by atoms with Gasteiger partial charge in [0, 0.05) is 29.4 Å². The number of rotatable bonds is 10. The summed E-state index contributed by atoms with van der Waals surface area (Å²) in [4.78, 5) is 60.4. The molecule has 1 aromatic heterocycles.